The van der Waals surface area contributed by atoms with E-state index in [1.165, 1.54) is 5.56 Å². The predicted molar refractivity (Wildman–Crippen MR) is 69.0 cm³/mol. The molecule has 0 aliphatic carbocycles. The van der Waals surface area contributed by atoms with Crippen LogP contribution >= 0.6 is 0 Å². The van der Waals surface area contributed by atoms with E-state index in [9.17, 15) is 4.79 Å². The zero-order valence-corrected chi connectivity index (χ0v) is 11.1. The van der Waals surface area contributed by atoms with Crippen LogP contribution in [0.25, 0.3) is 0 Å². The summed E-state index contributed by atoms with van der Waals surface area (Å²) in [5, 5.41) is 0. The maximum Gasteiger partial charge on any atom is 0.160 e. The Bertz CT molecular complexity index is 383. The molecule has 16 heavy (non-hydrogen) atoms. The second-order valence-electron chi connectivity index (χ2n) is 5.78. The molecule has 1 nitrogen and oxygen atoms in total. The summed E-state index contributed by atoms with van der Waals surface area (Å²) in [6.07, 6.45) is 2.09. The van der Waals surface area contributed by atoms with Crippen LogP contribution in [-0.4, -0.2) is 5.78 Å². The number of Topliss-reactive ketones (excluding diaryl/α,β-unsaturated/α-hetero) is 1. The lowest BCUT2D eigenvalue weighted by atomic mass is 9.87. The van der Waals surface area contributed by atoms with Gasteiger partial charge in [0.2, 0.25) is 0 Å². The largest absolute Gasteiger partial charge is 0.295 e. The number of carbonyl (C=O) groups is 1. The Kier molecular flexibility index (Phi) is 3.90. The zero-order chi connectivity index (χ0) is 12.3. The van der Waals surface area contributed by atoms with Gasteiger partial charge in [-0.15, -0.1) is 0 Å². The third kappa shape index (κ3) is 3.80. The first-order valence-corrected chi connectivity index (χ1v) is 5.90. The second-order valence-corrected chi connectivity index (χ2v) is 5.78. The SMILES string of the molecule is CC(=O)c1cc(C)ccc1CCC(C)(C)C. The van der Waals surface area contributed by atoms with Crippen LogP contribution in [0.3, 0.4) is 0 Å². The third-order valence-corrected chi connectivity index (χ3v) is 2.79. The fourth-order valence-corrected chi connectivity index (χ4v) is 1.75. The van der Waals surface area contributed by atoms with Crippen LogP contribution in [0.2, 0.25) is 0 Å². The number of ketones is 1. The van der Waals surface area contributed by atoms with E-state index in [0.29, 0.717) is 5.41 Å². The van der Waals surface area contributed by atoms with Crippen molar-refractivity contribution in [2.24, 2.45) is 5.41 Å². The number of hydrogen-bond donors (Lipinski definition) is 0. The van der Waals surface area contributed by atoms with Crippen LogP contribution < -0.4 is 0 Å². The van der Waals surface area contributed by atoms with Crippen LogP contribution in [0.15, 0.2) is 18.2 Å². The molecule has 0 amide bonds. The van der Waals surface area contributed by atoms with Gasteiger partial charge in [0.15, 0.2) is 5.78 Å². The molecule has 0 aliphatic heterocycles. The molecule has 1 heteroatoms. The lowest BCUT2D eigenvalue weighted by Gasteiger charge is -2.18. The van der Waals surface area contributed by atoms with Crippen LogP contribution in [0.5, 0.6) is 0 Å². The van der Waals surface area contributed by atoms with E-state index < -0.39 is 0 Å². The summed E-state index contributed by atoms with van der Waals surface area (Å²) in [7, 11) is 0. The van der Waals surface area contributed by atoms with E-state index in [2.05, 4.69) is 32.9 Å². The van der Waals surface area contributed by atoms with Gasteiger partial charge in [0, 0.05) is 5.56 Å². The average molecular weight is 218 g/mol. The van der Waals surface area contributed by atoms with Gasteiger partial charge in [0.05, 0.1) is 0 Å². The minimum atomic E-state index is 0.174. The van der Waals surface area contributed by atoms with Crippen LogP contribution in [0.4, 0.5) is 0 Å². The maximum atomic E-state index is 11.5. The highest BCUT2D eigenvalue weighted by Crippen LogP contribution is 2.23. The maximum absolute atomic E-state index is 11.5. The Morgan fingerprint density at radius 1 is 1.25 bits per heavy atom. The van der Waals surface area contributed by atoms with Gasteiger partial charge in [-0.05, 0) is 43.7 Å². The number of rotatable bonds is 3. The van der Waals surface area contributed by atoms with Crippen LogP contribution in [-0.2, 0) is 6.42 Å². The summed E-state index contributed by atoms with van der Waals surface area (Å²) in [6, 6.07) is 6.18. The third-order valence-electron chi connectivity index (χ3n) is 2.79. The quantitative estimate of drug-likeness (QED) is 0.696. The molecule has 0 N–H and O–H groups in total. The Morgan fingerprint density at radius 2 is 1.88 bits per heavy atom. The van der Waals surface area contributed by atoms with Gasteiger partial charge in [-0.1, -0.05) is 38.5 Å². The van der Waals surface area contributed by atoms with Crippen molar-refractivity contribution in [1.29, 1.82) is 0 Å². The highest BCUT2D eigenvalue weighted by atomic mass is 16.1. The van der Waals surface area contributed by atoms with Crippen LogP contribution in [0.1, 0.15) is 55.6 Å². The molecule has 0 bridgehead atoms. The molecule has 0 aromatic heterocycles. The van der Waals surface area contributed by atoms with Gasteiger partial charge in [-0.25, -0.2) is 0 Å². The highest BCUT2D eigenvalue weighted by molar-refractivity contribution is 5.95. The van der Waals surface area contributed by atoms with Gasteiger partial charge < -0.3 is 0 Å². The van der Waals surface area contributed by atoms with Crippen molar-refractivity contribution >= 4 is 5.78 Å². The molecule has 1 aromatic carbocycles. The Labute approximate surface area is 98.9 Å². The summed E-state index contributed by atoms with van der Waals surface area (Å²) in [4.78, 5) is 11.5. The van der Waals surface area contributed by atoms with Crippen molar-refractivity contribution in [1.82, 2.24) is 0 Å². The van der Waals surface area contributed by atoms with Gasteiger partial charge in [0.25, 0.3) is 0 Å². The lowest BCUT2D eigenvalue weighted by Crippen LogP contribution is -2.08. The monoisotopic (exact) mass is 218 g/mol. The van der Waals surface area contributed by atoms with Crippen molar-refractivity contribution in [2.45, 2.75) is 47.5 Å². The van der Waals surface area contributed by atoms with E-state index in [0.717, 1.165) is 24.0 Å². The molecular formula is C15H22O. The molecule has 0 atom stereocenters. The van der Waals surface area contributed by atoms with Crippen molar-refractivity contribution in [3.63, 3.8) is 0 Å². The average Bonchev–Trinajstić information content (AvgIpc) is 2.14. The zero-order valence-electron chi connectivity index (χ0n) is 11.1. The molecular weight excluding hydrogens is 196 g/mol. The summed E-state index contributed by atoms with van der Waals surface area (Å²) in [5.41, 5.74) is 3.56. The molecule has 0 heterocycles. The molecule has 1 rings (SSSR count). The standard InChI is InChI=1S/C15H22O/c1-11-6-7-13(8-9-15(3,4)5)14(10-11)12(2)16/h6-7,10H,8-9H2,1-5H3. The van der Waals surface area contributed by atoms with E-state index in [-0.39, 0.29) is 5.78 Å². The predicted octanol–water partition coefficient (Wildman–Crippen LogP) is 4.18. The Morgan fingerprint density at radius 3 is 2.38 bits per heavy atom. The molecule has 0 unspecified atom stereocenters. The van der Waals surface area contributed by atoms with E-state index in [1.54, 1.807) is 6.92 Å². The number of aryl methyl sites for hydroxylation is 2. The first kappa shape index (κ1) is 13.0. The molecule has 0 saturated heterocycles. The first-order valence-electron chi connectivity index (χ1n) is 5.90. The van der Waals surface area contributed by atoms with Gasteiger partial charge in [0.1, 0.15) is 0 Å². The van der Waals surface area contributed by atoms with E-state index in [4.69, 9.17) is 0 Å². The second kappa shape index (κ2) is 4.82. The normalized spacial score (nSPS) is 11.6. The molecule has 0 fully saturated rings. The Hall–Kier alpha value is -1.11. The van der Waals surface area contributed by atoms with Crippen LogP contribution in [0, 0.1) is 12.3 Å². The molecule has 0 radical (unpaired) electrons. The first-order chi connectivity index (χ1) is 7.29. The molecule has 0 saturated carbocycles. The molecule has 1 aromatic rings. The number of carbonyl (C=O) groups excluding carboxylic acids is 1. The van der Waals surface area contributed by atoms with E-state index >= 15 is 0 Å². The fourth-order valence-electron chi connectivity index (χ4n) is 1.75. The summed E-state index contributed by atoms with van der Waals surface area (Å²) in [5.74, 6) is 0.174. The van der Waals surface area contributed by atoms with Crippen molar-refractivity contribution in [3.8, 4) is 0 Å². The minimum Gasteiger partial charge on any atom is -0.295 e. The molecule has 88 valence electrons. The summed E-state index contributed by atoms with van der Waals surface area (Å²) < 4.78 is 0. The molecule has 0 spiro atoms. The van der Waals surface area contributed by atoms with E-state index in [1.807, 2.05) is 13.0 Å². The fraction of sp³-hybridized carbons (Fsp3) is 0.533. The van der Waals surface area contributed by atoms with Gasteiger partial charge in [-0.2, -0.15) is 0 Å². The van der Waals surface area contributed by atoms with Gasteiger partial charge >= 0.3 is 0 Å². The molecule has 0 aliphatic rings. The highest BCUT2D eigenvalue weighted by Gasteiger charge is 2.13. The Balaban J connectivity index is 2.91. The number of hydrogen-bond acceptors (Lipinski definition) is 1. The van der Waals surface area contributed by atoms with Crippen molar-refractivity contribution in [3.05, 3.63) is 34.9 Å². The smallest absolute Gasteiger partial charge is 0.160 e. The topological polar surface area (TPSA) is 17.1 Å². The lowest BCUT2D eigenvalue weighted by molar-refractivity contribution is 0.101. The summed E-state index contributed by atoms with van der Waals surface area (Å²) in [6.45, 7) is 10.4. The van der Waals surface area contributed by atoms with Crippen molar-refractivity contribution < 1.29 is 4.79 Å². The summed E-state index contributed by atoms with van der Waals surface area (Å²) >= 11 is 0. The van der Waals surface area contributed by atoms with Gasteiger partial charge in [-0.3, -0.25) is 4.79 Å². The number of benzene rings is 1. The minimum absolute atomic E-state index is 0.174. The van der Waals surface area contributed by atoms with Crippen molar-refractivity contribution in [2.75, 3.05) is 0 Å².